The van der Waals surface area contributed by atoms with Gasteiger partial charge in [-0.15, -0.1) is 0 Å². The first kappa shape index (κ1) is 14.8. The van der Waals surface area contributed by atoms with Crippen molar-refractivity contribution in [2.24, 2.45) is 23.2 Å². The van der Waals surface area contributed by atoms with E-state index in [9.17, 15) is 5.11 Å². The lowest BCUT2D eigenvalue weighted by Crippen LogP contribution is -2.55. The van der Waals surface area contributed by atoms with Crippen LogP contribution in [-0.2, 0) is 0 Å². The molecule has 0 radical (unpaired) electrons. The van der Waals surface area contributed by atoms with Gasteiger partial charge in [0.05, 0.1) is 6.10 Å². The van der Waals surface area contributed by atoms with Gasteiger partial charge >= 0.3 is 0 Å². The number of aliphatic hydroxyl groups excluding tert-OH is 1. The van der Waals surface area contributed by atoms with Crippen molar-refractivity contribution in [3.05, 3.63) is 0 Å². The topological polar surface area (TPSA) is 23.5 Å². The predicted octanol–water partition coefficient (Wildman–Crippen LogP) is 3.68. The molecule has 1 atom stereocenters. The first-order chi connectivity index (χ1) is 9.52. The van der Waals surface area contributed by atoms with Crippen molar-refractivity contribution in [1.82, 2.24) is 4.90 Å². The fourth-order valence-electron chi connectivity index (χ4n) is 5.85. The van der Waals surface area contributed by atoms with E-state index >= 15 is 0 Å². The zero-order valence-corrected chi connectivity index (χ0v) is 13.6. The molecule has 4 aliphatic rings. The molecule has 0 aromatic rings. The van der Waals surface area contributed by atoms with Gasteiger partial charge in [-0.25, -0.2) is 0 Å². The van der Waals surface area contributed by atoms with Gasteiger partial charge in [-0.3, -0.25) is 4.90 Å². The quantitative estimate of drug-likeness (QED) is 0.801. The van der Waals surface area contributed by atoms with Crippen LogP contribution in [0.4, 0.5) is 0 Å². The zero-order valence-electron chi connectivity index (χ0n) is 13.6. The average Bonchev–Trinajstić information content (AvgIpc) is 2.36. The molecular formula is C18H33NO. The smallest absolute Gasteiger partial charge is 0.0723 e. The molecule has 4 bridgehead atoms. The van der Waals surface area contributed by atoms with Crippen LogP contribution in [0.5, 0.6) is 0 Å². The van der Waals surface area contributed by atoms with E-state index in [-0.39, 0.29) is 11.5 Å². The minimum Gasteiger partial charge on any atom is -0.391 e. The van der Waals surface area contributed by atoms with Gasteiger partial charge in [-0.2, -0.15) is 0 Å². The lowest BCUT2D eigenvalue weighted by molar-refractivity contribution is -0.128. The van der Waals surface area contributed by atoms with Gasteiger partial charge in [0.2, 0.25) is 0 Å². The van der Waals surface area contributed by atoms with Crippen LogP contribution >= 0.6 is 0 Å². The third-order valence-electron chi connectivity index (χ3n) is 6.44. The highest BCUT2D eigenvalue weighted by Gasteiger charge is 2.54. The Bertz CT molecular complexity index is 303. The molecule has 116 valence electrons. The second kappa shape index (κ2) is 5.61. The molecule has 4 rings (SSSR count). The summed E-state index contributed by atoms with van der Waals surface area (Å²) in [6.07, 6.45) is 9.45. The maximum atomic E-state index is 11.0. The highest BCUT2D eigenvalue weighted by Crippen LogP contribution is 2.61. The Morgan fingerprint density at radius 2 is 1.55 bits per heavy atom. The third-order valence-corrected chi connectivity index (χ3v) is 6.44. The van der Waals surface area contributed by atoms with E-state index < -0.39 is 0 Å². The summed E-state index contributed by atoms with van der Waals surface area (Å²) in [6.45, 7) is 8.80. The molecule has 4 aliphatic carbocycles. The van der Waals surface area contributed by atoms with E-state index in [1.807, 2.05) is 0 Å². The summed E-state index contributed by atoms with van der Waals surface area (Å²) < 4.78 is 0. The maximum absolute atomic E-state index is 11.0. The molecule has 0 heterocycles. The van der Waals surface area contributed by atoms with Crippen LogP contribution in [0, 0.1) is 23.2 Å². The number of nitrogens with zero attached hydrogens (tertiary/aromatic N) is 1. The van der Waals surface area contributed by atoms with Gasteiger partial charge in [0.1, 0.15) is 0 Å². The summed E-state index contributed by atoms with van der Waals surface area (Å²) in [7, 11) is 0. The zero-order chi connectivity index (χ0) is 14.3. The number of aliphatic hydroxyl groups is 1. The number of rotatable bonds is 6. The van der Waals surface area contributed by atoms with Gasteiger partial charge < -0.3 is 5.11 Å². The molecule has 0 spiro atoms. The van der Waals surface area contributed by atoms with Crippen LogP contribution in [0.25, 0.3) is 0 Å². The lowest BCUT2D eigenvalue weighted by Gasteiger charge is -2.59. The summed E-state index contributed by atoms with van der Waals surface area (Å²) in [5, 5.41) is 11.0. The normalized spacial score (nSPS) is 40.8. The Hall–Kier alpha value is -0.0800. The van der Waals surface area contributed by atoms with Crippen LogP contribution in [0.15, 0.2) is 0 Å². The van der Waals surface area contributed by atoms with E-state index in [2.05, 4.69) is 25.7 Å². The molecule has 0 aromatic carbocycles. The highest BCUT2D eigenvalue weighted by molar-refractivity contribution is 5.04. The van der Waals surface area contributed by atoms with E-state index in [0.29, 0.717) is 6.04 Å². The summed E-state index contributed by atoms with van der Waals surface area (Å²) in [4.78, 5) is 2.49. The van der Waals surface area contributed by atoms with Crippen molar-refractivity contribution in [2.75, 3.05) is 13.1 Å². The second-order valence-corrected chi connectivity index (χ2v) is 8.38. The first-order valence-corrected chi connectivity index (χ1v) is 8.94. The van der Waals surface area contributed by atoms with Gasteiger partial charge in [0.15, 0.2) is 0 Å². The number of hydrogen-bond donors (Lipinski definition) is 1. The van der Waals surface area contributed by atoms with E-state index in [0.717, 1.165) is 30.8 Å². The highest BCUT2D eigenvalue weighted by atomic mass is 16.3. The third kappa shape index (κ3) is 2.66. The summed E-state index contributed by atoms with van der Waals surface area (Å²) >= 11 is 0. The van der Waals surface area contributed by atoms with E-state index in [1.54, 1.807) is 0 Å². The Morgan fingerprint density at radius 3 is 1.95 bits per heavy atom. The Kier molecular flexibility index (Phi) is 4.16. The van der Waals surface area contributed by atoms with Crippen LogP contribution in [0.1, 0.15) is 65.7 Å². The van der Waals surface area contributed by atoms with Crippen LogP contribution < -0.4 is 0 Å². The first-order valence-electron chi connectivity index (χ1n) is 8.94. The fraction of sp³-hybridized carbons (Fsp3) is 1.00. The maximum Gasteiger partial charge on any atom is 0.0723 e. The monoisotopic (exact) mass is 279 g/mol. The summed E-state index contributed by atoms with van der Waals surface area (Å²) in [5.41, 5.74) is 0.287. The molecule has 0 aromatic heterocycles. The standard InChI is InChI=1S/C18H33NO/c1-4-5-19(13(2)3)12-17(20)18-9-14-6-15(10-18)8-16(7-14)11-18/h13-17,20H,4-12H2,1-3H3. The van der Waals surface area contributed by atoms with Crippen molar-refractivity contribution < 1.29 is 5.11 Å². The van der Waals surface area contributed by atoms with E-state index in [4.69, 9.17) is 0 Å². The fourth-order valence-corrected chi connectivity index (χ4v) is 5.85. The molecule has 0 saturated heterocycles. The van der Waals surface area contributed by atoms with Crippen molar-refractivity contribution >= 4 is 0 Å². The lowest BCUT2D eigenvalue weighted by atomic mass is 9.48. The van der Waals surface area contributed by atoms with Crippen molar-refractivity contribution in [3.8, 4) is 0 Å². The Morgan fingerprint density at radius 1 is 1.05 bits per heavy atom. The van der Waals surface area contributed by atoms with Gasteiger partial charge in [0, 0.05) is 12.6 Å². The molecule has 0 aliphatic heterocycles. The van der Waals surface area contributed by atoms with Crippen molar-refractivity contribution in [1.29, 1.82) is 0 Å². The molecular weight excluding hydrogens is 246 g/mol. The van der Waals surface area contributed by atoms with Gasteiger partial charge in [0.25, 0.3) is 0 Å². The van der Waals surface area contributed by atoms with Crippen LogP contribution in [-0.4, -0.2) is 35.2 Å². The molecule has 2 heteroatoms. The Labute approximate surface area is 124 Å². The van der Waals surface area contributed by atoms with Crippen molar-refractivity contribution in [3.63, 3.8) is 0 Å². The Balaban J connectivity index is 1.68. The van der Waals surface area contributed by atoms with E-state index in [1.165, 1.54) is 44.9 Å². The summed E-state index contributed by atoms with van der Waals surface area (Å²) in [6, 6.07) is 0.554. The molecule has 1 N–H and O–H groups in total. The molecule has 2 nitrogen and oxygen atoms in total. The minimum atomic E-state index is -0.0927. The molecule has 4 fully saturated rings. The minimum absolute atomic E-state index is 0.0927. The SMILES string of the molecule is CCCN(CC(O)C12CC3CC(CC(C3)C1)C2)C(C)C. The van der Waals surface area contributed by atoms with Gasteiger partial charge in [-0.1, -0.05) is 6.92 Å². The molecule has 0 amide bonds. The molecule has 4 saturated carbocycles. The number of hydrogen-bond acceptors (Lipinski definition) is 2. The summed E-state index contributed by atoms with van der Waals surface area (Å²) in [5.74, 6) is 2.82. The second-order valence-electron chi connectivity index (χ2n) is 8.38. The molecule has 1 unspecified atom stereocenters. The van der Waals surface area contributed by atoms with Crippen molar-refractivity contribution in [2.45, 2.75) is 77.9 Å². The van der Waals surface area contributed by atoms with Crippen LogP contribution in [0.2, 0.25) is 0 Å². The van der Waals surface area contributed by atoms with Crippen LogP contribution in [0.3, 0.4) is 0 Å². The largest absolute Gasteiger partial charge is 0.391 e. The predicted molar refractivity (Wildman–Crippen MR) is 83.6 cm³/mol. The average molecular weight is 279 g/mol. The molecule has 20 heavy (non-hydrogen) atoms. The van der Waals surface area contributed by atoms with Gasteiger partial charge in [-0.05, 0) is 88.5 Å².